The van der Waals surface area contributed by atoms with E-state index in [0.717, 1.165) is 18.5 Å². The van der Waals surface area contributed by atoms with Crippen molar-refractivity contribution in [1.29, 1.82) is 0 Å². The molecule has 116 valence electrons. The summed E-state index contributed by atoms with van der Waals surface area (Å²) in [5.41, 5.74) is 0.865. The second-order valence-corrected chi connectivity index (χ2v) is 7.16. The summed E-state index contributed by atoms with van der Waals surface area (Å²) in [7, 11) is 0. The first-order valence-electron chi connectivity index (χ1n) is 7.52. The highest BCUT2D eigenvalue weighted by molar-refractivity contribution is 7.10. The van der Waals surface area contributed by atoms with E-state index >= 15 is 0 Å². The molecule has 1 aliphatic rings. The predicted molar refractivity (Wildman–Crippen MR) is 92.9 cm³/mol. The van der Waals surface area contributed by atoms with Crippen molar-refractivity contribution in [3.05, 3.63) is 51.7 Å². The Morgan fingerprint density at radius 1 is 1.18 bits per heavy atom. The fourth-order valence-corrected chi connectivity index (χ4v) is 4.21. The monoisotopic (exact) mass is 334 g/mol. The number of rotatable bonds is 4. The number of benzene rings is 1. The molecule has 3 rings (SSSR count). The number of carbonyl (C=O) groups is 1. The van der Waals surface area contributed by atoms with Crippen LogP contribution in [0.15, 0.2) is 41.8 Å². The Hall–Kier alpha value is -1.52. The van der Waals surface area contributed by atoms with Crippen LogP contribution in [0.2, 0.25) is 5.02 Å². The molecule has 0 unspecified atom stereocenters. The van der Waals surface area contributed by atoms with Gasteiger partial charge in [-0.3, -0.25) is 0 Å². The zero-order chi connectivity index (χ0) is 15.4. The molecule has 2 aromatic rings. The molecule has 5 heteroatoms. The Morgan fingerprint density at radius 2 is 1.91 bits per heavy atom. The van der Waals surface area contributed by atoms with Gasteiger partial charge in [-0.1, -0.05) is 30.5 Å². The van der Waals surface area contributed by atoms with E-state index in [0.29, 0.717) is 11.6 Å². The number of urea groups is 1. The van der Waals surface area contributed by atoms with Crippen molar-refractivity contribution in [1.82, 2.24) is 5.32 Å². The average Bonchev–Trinajstić information content (AvgIpc) is 3.19. The maximum absolute atomic E-state index is 12.1. The van der Waals surface area contributed by atoms with Crippen LogP contribution in [-0.4, -0.2) is 12.6 Å². The minimum absolute atomic E-state index is 0.117. The molecule has 2 N–H and O–H groups in total. The van der Waals surface area contributed by atoms with Crippen molar-refractivity contribution >= 4 is 34.7 Å². The van der Waals surface area contributed by atoms with Crippen LogP contribution in [0.3, 0.4) is 0 Å². The van der Waals surface area contributed by atoms with Crippen molar-refractivity contribution < 1.29 is 4.79 Å². The van der Waals surface area contributed by atoms with Gasteiger partial charge < -0.3 is 10.6 Å². The summed E-state index contributed by atoms with van der Waals surface area (Å²) in [4.78, 5) is 13.5. The number of thiophene rings is 1. The molecule has 0 spiro atoms. The summed E-state index contributed by atoms with van der Waals surface area (Å²) < 4.78 is 0. The van der Waals surface area contributed by atoms with Gasteiger partial charge in [0.15, 0.2) is 0 Å². The van der Waals surface area contributed by atoms with Gasteiger partial charge in [0.25, 0.3) is 0 Å². The molecule has 3 nitrogen and oxygen atoms in total. The number of amides is 2. The van der Waals surface area contributed by atoms with Crippen LogP contribution in [0, 0.1) is 0 Å². The van der Waals surface area contributed by atoms with Crippen LogP contribution >= 0.6 is 22.9 Å². The number of hydrogen-bond donors (Lipinski definition) is 2. The lowest BCUT2D eigenvalue weighted by atomic mass is 9.84. The molecule has 2 amide bonds. The quantitative estimate of drug-likeness (QED) is 0.808. The van der Waals surface area contributed by atoms with Crippen LogP contribution < -0.4 is 10.6 Å². The number of anilines is 1. The molecule has 1 aliphatic carbocycles. The zero-order valence-electron chi connectivity index (χ0n) is 12.3. The number of carbonyl (C=O) groups excluding carboxylic acids is 1. The number of nitrogens with one attached hydrogen (secondary N) is 2. The third-order valence-electron chi connectivity index (χ3n) is 4.29. The van der Waals surface area contributed by atoms with E-state index < -0.39 is 0 Å². The minimum Gasteiger partial charge on any atom is -0.337 e. The average molecular weight is 335 g/mol. The summed E-state index contributed by atoms with van der Waals surface area (Å²) in [5.74, 6) is 0. The van der Waals surface area contributed by atoms with E-state index in [9.17, 15) is 4.79 Å². The first kappa shape index (κ1) is 15.4. The van der Waals surface area contributed by atoms with Gasteiger partial charge in [0.2, 0.25) is 0 Å². The lowest BCUT2D eigenvalue weighted by Crippen LogP contribution is -2.40. The molecule has 0 radical (unpaired) electrons. The van der Waals surface area contributed by atoms with Crippen molar-refractivity contribution in [2.45, 2.75) is 31.1 Å². The van der Waals surface area contributed by atoms with Crippen molar-refractivity contribution in [3.63, 3.8) is 0 Å². The van der Waals surface area contributed by atoms with E-state index in [1.807, 2.05) is 0 Å². The number of hydrogen-bond acceptors (Lipinski definition) is 2. The molecule has 0 atom stereocenters. The van der Waals surface area contributed by atoms with Gasteiger partial charge in [-0.05, 0) is 48.6 Å². The van der Waals surface area contributed by atoms with Gasteiger partial charge in [-0.15, -0.1) is 11.3 Å². The van der Waals surface area contributed by atoms with Gasteiger partial charge in [-0.2, -0.15) is 0 Å². The Morgan fingerprint density at radius 3 is 2.55 bits per heavy atom. The van der Waals surface area contributed by atoms with Crippen molar-refractivity contribution in [3.8, 4) is 0 Å². The smallest absolute Gasteiger partial charge is 0.319 e. The van der Waals surface area contributed by atoms with Crippen molar-refractivity contribution in [2.75, 3.05) is 11.9 Å². The lowest BCUT2D eigenvalue weighted by Gasteiger charge is -2.28. The van der Waals surface area contributed by atoms with Crippen LogP contribution in [0.5, 0.6) is 0 Å². The molecule has 1 heterocycles. The van der Waals surface area contributed by atoms with E-state index in [1.54, 1.807) is 35.6 Å². The summed E-state index contributed by atoms with van der Waals surface area (Å²) in [6.45, 7) is 0.687. The van der Waals surface area contributed by atoms with E-state index in [4.69, 9.17) is 11.6 Å². The molecule has 1 aromatic heterocycles. The Bertz CT molecular complexity index is 619. The second-order valence-electron chi connectivity index (χ2n) is 5.78. The molecule has 0 bridgehead atoms. The summed E-state index contributed by atoms with van der Waals surface area (Å²) in [6, 6.07) is 11.2. The molecule has 0 aliphatic heterocycles. The largest absolute Gasteiger partial charge is 0.337 e. The normalized spacial score (nSPS) is 16.4. The Labute approximate surface area is 139 Å². The predicted octanol–water partition coefficient (Wildman–Crippen LogP) is 5.04. The minimum atomic E-state index is -0.162. The van der Waals surface area contributed by atoms with Crippen LogP contribution in [0.1, 0.15) is 30.6 Å². The molecule has 1 fully saturated rings. The number of halogens is 1. The fraction of sp³-hybridized carbons (Fsp3) is 0.353. The first-order chi connectivity index (χ1) is 10.7. The van der Waals surface area contributed by atoms with Crippen LogP contribution in [0.25, 0.3) is 0 Å². The molecule has 22 heavy (non-hydrogen) atoms. The van der Waals surface area contributed by atoms with Crippen molar-refractivity contribution in [2.24, 2.45) is 0 Å². The second kappa shape index (κ2) is 6.71. The summed E-state index contributed by atoms with van der Waals surface area (Å²) in [5, 5.41) is 8.67. The Balaban J connectivity index is 1.60. The highest BCUT2D eigenvalue weighted by Crippen LogP contribution is 2.42. The van der Waals surface area contributed by atoms with E-state index in [2.05, 4.69) is 28.1 Å². The van der Waals surface area contributed by atoms with Gasteiger partial charge in [-0.25, -0.2) is 4.79 Å². The molecule has 1 aromatic carbocycles. The van der Waals surface area contributed by atoms with Crippen LogP contribution in [-0.2, 0) is 5.41 Å². The fourth-order valence-electron chi connectivity index (χ4n) is 3.10. The molecule has 0 saturated heterocycles. The third kappa shape index (κ3) is 3.45. The van der Waals surface area contributed by atoms with E-state index in [1.165, 1.54) is 17.7 Å². The zero-order valence-corrected chi connectivity index (χ0v) is 13.8. The molecular weight excluding hydrogens is 316 g/mol. The standard InChI is InChI=1S/C17H19ClN2OS/c18-13-5-7-14(8-6-13)20-16(21)19-12-17(9-1-2-10-17)15-4-3-11-22-15/h3-8,11H,1-2,9-10,12H2,(H2,19,20,21). The molecular formula is C17H19ClN2OS. The highest BCUT2D eigenvalue weighted by atomic mass is 35.5. The lowest BCUT2D eigenvalue weighted by molar-refractivity contribution is 0.248. The van der Waals surface area contributed by atoms with Gasteiger partial charge in [0.05, 0.1) is 0 Å². The third-order valence-corrected chi connectivity index (χ3v) is 5.66. The highest BCUT2D eigenvalue weighted by Gasteiger charge is 2.36. The van der Waals surface area contributed by atoms with Gasteiger partial charge in [0.1, 0.15) is 0 Å². The Kier molecular flexibility index (Phi) is 4.69. The van der Waals surface area contributed by atoms with Crippen LogP contribution in [0.4, 0.5) is 10.5 Å². The van der Waals surface area contributed by atoms with E-state index in [-0.39, 0.29) is 11.4 Å². The molecule has 1 saturated carbocycles. The summed E-state index contributed by atoms with van der Waals surface area (Å²) in [6.07, 6.45) is 4.76. The summed E-state index contributed by atoms with van der Waals surface area (Å²) >= 11 is 7.63. The van der Waals surface area contributed by atoms with Gasteiger partial charge >= 0.3 is 6.03 Å². The topological polar surface area (TPSA) is 41.1 Å². The maximum Gasteiger partial charge on any atom is 0.319 e. The first-order valence-corrected chi connectivity index (χ1v) is 8.78. The van der Waals surface area contributed by atoms with Gasteiger partial charge in [0, 0.05) is 27.5 Å². The maximum atomic E-state index is 12.1. The SMILES string of the molecule is O=C(NCC1(c2cccs2)CCCC1)Nc1ccc(Cl)cc1.